The van der Waals surface area contributed by atoms with Gasteiger partial charge in [-0.2, -0.15) is 0 Å². The Morgan fingerprint density at radius 2 is 1.82 bits per heavy atom. The first-order valence-electron chi connectivity index (χ1n) is 6.84. The molecule has 0 heterocycles. The normalized spacial score (nSPS) is 33.6. The molecule has 3 unspecified atom stereocenters. The van der Waals surface area contributed by atoms with Crippen molar-refractivity contribution in [1.82, 2.24) is 0 Å². The zero-order valence-electron chi connectivity index (χ0n) is 11.9. The maximum atomic E-state index is 6.07. The highest BCUT2D eigenvalue weighted by Crippen LogP contribution is 2.51. The molecule has 2 fully saturated rings. The quantitative estimate of drug-likeness (QED) is 0.554. The minimum absolute atomic E-state index is 0.722. The van der Waals surface area contributed by atoms with Gasteiger partial charge >= 0.3 is 0 Å². The third-order valence-electron chi connectivity index (χ3n) is 4.20. The smallest absolute Gasteiger partial charge is 0.264 e. The maximum Gasteiger partial charge on any atom is 0.264 e. The van der Waals surface area contributed by atoms with Crippen LogP contribution in [-0.4, -0.2) is 15.4 Å². The van der Waals surface area contributed by atoms with Gasteiger partial charge in [-0.25, -0.2) is 0 Å². The highest BCUT2D eigenvalue weighted by Gasteiger charge is 2.41. The molecule has 0 aromatic heterocycles. The lowest BCUT2D eigenvalue weighted by atomic mass is 9.84. The average Bonchev–Trinajstić information content (AvgIpc) is 2.85. The summed E-state index contributed by atoms with van der Waals surface area (Å²) >= 11 is 0. The van der Waals surface area contributed by atoms with Crippen molar-refractivity contribution in [3.05, 3.63) is 11.5 Å². The van der Waals surface area contributed by atoms with E-state index >= 15 is 0 Å². The number of ether oxygens (including phenoxy) is 1. The Labute approximate surface area is 107 Å². The lowest BCUT2D eigenvalue weighted by molar-refractivity contribution is 0.135. The Kier molecular flexibility index (Phi) is 3.57. The molecular formula is C14H26O2Si. The molecule has 17 heavy (non-hydrogen) atoms. The largest absolute Gasteiger partial charge is 0.520 e. The second-order valence-electron chi connectivity index (χ2n) is 6.67. The summed E-state index contributed by atoms with van der Waals surface area (Å²) < 4.78 is 11.6. The van der Waals surface area contributed by atoms with E-state index in [4.69, 9.17) is 9.16 Å². The number of methoxy groups -OCH3 is 1. The van der Waals surface area contributed by atoms with E-state index in [-0.39, 0.29) is 0 Å². The van der Waals surface area contributed by atoms with Crippen LogP contribution in [0.1, 0.15) is 32.6 Å². The molecule has 2 aliphatic carbocycles. The second-order valence-corrected chi connectivity index (χ2v) is 11.1. The molecule has 2 bridgehead atoms. The van der Waals surface area contributed by atoms with Crippen LogP contribution in [0.25, 0.3) is 0 Å². The fraction of sp³-hybridized carbons (Fsp3) is 0.857. The molecule has 0 aromatic rings. The van der Waals surface area contributed by atoms with Crippen molar-refractivity contribution in [2.75, 3.05) is 7.11 Å². The van der Waals surface area contributed by atoms with Gasteiger partial charge in [0.25, 0.3) is 5.95 Å². The van der Waals surface area contributed by atoms with Crippen LogP contribution in [0.3, 0.4) is 0 Å². The fourth-order valence-electron chi connectivity index (χ4n) is 3.49. The predicted molar refractivity (Wildman–Crippen MR) is 73.1 cm³/mol. The van der Waals surface area contributed by atoms with Gasteiger partial charge in [-0.15, -0.1) is 0 Å². The molecule has 98 valence electrons. The molecule has 3 heteroatoms. The first-order chi connectivity index (χ1) is 7.90. The monoisotopic (exact) mass is 254 g/mol. The summed E-state index contributed by atoms with van der Waals surface area (Å²) in [7, 11) is 0.183. The molecule has 0 spiro atoms. The van der Waals surface area contributed by atoms with Crippen LogP contribution >= 0.6 is 0 Å². The molecule has 2 nitrogen and oxygen atoms in total. The molecular weight excluding hydrogens is 228 g/mol. The lowest BCUT2D eigenvalue weighted by Gasteiger charge is -2.27. The summed E-state index contributed by atoms with van der Waals surface area (Å²) in [5.41, 5.74) is 1.36. The highest BCUT2D eigenvalue weighted by molar-refractivity contribution is 6.70. The molecule has 2 rings (SSSR count). The van der Waals surface area contributed by atoms with Crippen molar-refractivity contribution in [2.24, 2.45) is 17.8 Å². The second kappa shape index (κ2) is 4.67. The van der Waals surface area contributed by atoms with Crippen molar-refractivity contribution in [1.29, 1.82) is 0 Å². The van der Waals surface area contributed by atoms with E-state index in [9.17, 15) is 0 Å². The number of hydrogen-bond acceptors (Lipinski definition) is 2. The Balaban J connectivity index is 2.12. The van der Waals surface area contributed by atoms with Gasteiger partial charge in [-0.05, 0) is 63.6 Å². The summed E-state index contributed by atoms with van der Waals surface area (Å²) in [6, 6.07) is 0. The van der Waals surface area contributed by atoms with Gasteiger partial charge in [-0.3, -0.25) is 0 Å². The molecule has 0 saturated heterocycles. The first kappa shape index (κ1) is 13.0. The van der Waals surface area contributed by atoms with Crippen molar-refractivity contribution >= 4 is 8.32 Å². The summed E-state index contributed by atoms with van der Waals surface area (Å²) in [5.74, 6) is 3.42. The Morgan fingerprint density at radius 3 is 2.24 bits per heavy atom. The summed E-state index contributed by atoms with van der Waals surface area (Å²) in [6.07, 6.45) is 5.66. The Hall–Kier alpha value is -0.443. The summed E-state index contributed by atoms with van der Waals surface area (Å²) in [6.45, 7) is 8.84. The molecule has 0 amide bonds. The van der Waals surface area contributed by atoms with Crippen molar-refractivity contribution in [3.63, 3.8) is 0 Å². The van der Waals surface area contributed by atoms with E-state index in [1.54, 1.807) is 7.11 Å². The van der Waals surface area contributed by atoms with Crippen LogP contribution in [0.15, 0.2) is 11.5 Å². The third-order valence-corrected chi connectivity index (χ3v) is 5.00. The summed E-state index contributed by atoms with van der Waals surface area (Å²) in [4.78, 5) is 0. The van der Waals surface area contributed by atoms with Crippen molar-refractivity contribution < 1.29 is 9.16 Å². The fourth-order valence-corrected chi connectivity index (χ4v) is 4.29. The molecule has 2 aliphatic rings. The molecule has 2 saturated carbocycles. The number of rotatable bonds is 4. The van der Waals surface area contributed by atoms with Crippen molar-refractivity contribution in [3.8, 4) is 0 Å². The summed E-state index contributed by atoms with van der Waals surface area (Å²) in [5, 5.41) is 0. The van der Waals surface area contributed by atoms with Gasteiger partial charge in [0.2, 0.25) is 8.32 Å². The zero-order chi connectivity index (χ0) is 12.6. The minimum Gasteiger partial charge on any atom is -0.520 e. The lowest BCUT2D eigenvalue weighted by Crippen LogP contribution is -2.27. The van der Waals surface area contributed by atoms with Crippen LogP contribution in [-0.2, 0) is 9.16 Å². The van der Waals surface area contributed by atoms with Crippen LogP contribution in [0.4, 0.5) is 0 Å². The average molecular weight is 254 g/mol. The predicted octanol–water partition coefficient (Wildman–Crippen LogP) is 4.15. The Bertz CT molecular complexity index is 317. The van der Waals surface area contributed by atoms with E-state index in [2.05, 4.69) is 26.6 Å². The molecule has 3 atom stereocenters. The standard InChI is InChI=1S/C14H26O2Si/c1-10(14(15-2)16-17(3,4)5)13-9-11-6-7-12(13)8-11/h11-13H,6-9H2,1-5H3/b14-10-. The van der Waals surface area contributed by atoms with Crippen LogP contribution < -0.4 is 0 Å². The number of allylic oxidation sites excluding steroid dienone is 1. The first-order valence-corrected chi connectivity index (χ1v) is 10.3. The van der Waals surface area contributed by atoms with E-state index in [1.165, 1.54) is 31.3 Å². The van der Waals surface area contributed by atoms with Crippen molar-refractivity contribution in [2.45, 2.75) is 52.2 Å². The molecule has 0 radical (unpaired) electrons. The SMILES string of the molecule is CO/C(O[Si](C)(C)C)=C(\C)C1CC2CCC1C2. The van der Waals surface area contributed by atoms with Gasteiger partial charge in [0.1, 0.15) is 0 Å². The van der Waals surface area contributed by atoms with Gasteiger partial charge in [0.15, 0.2) is 0 Å². The van der Waals surface area contributed by atoms with E-state index in [0.29, 0.717) is 0 Å². The molecule has 0 N–H and O–H groups in total. The number of fused-ring (bicyclic) bond motifs is 2. The van der Waals surface area contributed by atoms with Gasteiger partial charge in [0.05, 0.1) is 7.11 Å². The molecule has 0 aromatic carbocycles. The third kappa shape index (κ3) is 2.87. The van der Waals surface area contributed by atoms with Gasteiger partial charge in [-0.1, -0.05) is 6.42 Å². The number of hydrogen-bond donors (Lipinski definition) is 0. The maximum absolute atomic E-state index is 6.07. The van der Waals surface area contributed by atoms with E-state index in [1.807, 2.05) is 0 Å². The van der Waals surface area contributed by atoms with Crippen LogP contribution in [0.5, 0.6) is 0 Å². The minimum atomic E-state index is -1.56. The topological polar surface area (TPSA) is 18.5 Å². The zero-order valence-corrected chi connectivity index (χ0v) is 12.9. The van der Waals surface area contributed by atoms with E-state index in [0.717, 1.165) is 23.7 Å². The highest BCUT2D eigenvalue weighted by atomic mass is 28.4. The Morgan fingerprint density at radius 1 is 1.12 bits per heavy atom. The van der Waals surface area contributed by atoms with Crippen LogP contribution in [0.2, 0.25) is 19.6 Å². The van der Waals surface area contributed by atoms with Crippen LogP contribution in [0, 0.1) is 17.8 Å². The van der Waals surface area contributed by atoms with Gasteiger partial charge in [0, 0.05) is 5.57 Å². The molecule has 0 aliphatic heterocycles. The van der Waals surface area contributed by atoms with E-state index < -0.39 is 8.32 Å². The van der Waals surface area contributed by atoms with Gasteiger partial charge < -0.3 is 9.16 Å².